The molecule has 1 N–H and O–H groups in total. The summed E-state index contributed by atoms with van der Waals surface area (Å²) in [5, 5.41) is 10.2. The molecule has 7 heteroatoms. The fraction of sp³-hybridized carbons (Fsp3) is 0.286. The molecule has 3 heterocycles. The predicted molar refractivity (Wildman–Crippen MR) is 74.5 cm³/mol. The minimum atomic E-state index is -0.0966. The summed E-state index contributed by atoms with van der Waals surface area (Å²) in [7, 11) is 0. The van der Waals surface area contributed by atoms with Crippen LogP contribution in [0.3, 0.4) is 0 Å². The Labute approximate surface area is 120 Å². The van der Waals surface area contributed by atoms with E-state index in [0.29, 0.717) is 17.9 Å². The van der Waals surface area contributed by atoms with Crippen LogP contribution < -0.4 is 5.32 Å². The van der Waals surface area contributed by atoms with Crippen molar-refractivity contribution in [1.82, 2.24) is 25.0 Å². The van der Waals surface area contributed by atoms with E-state index in [4.69, 9.17) is 0 Å². The molecule has 0 atom stereocenters. The SMILES string of the molecule is Cc1nonc1CNC(=O)Cc1cnc2c(C)cccn12. The molecule has 0 saturated heterocycles. The molecule has 0 aliphatic heterocycles. The Balaban J connectivity index is 1.69. The number of carbonyl (C=O) groups excluding carboxylic acids is 1. The van der Waals surface area contributed by atoms with Crippen molar-refractivity contribution in [2.45, 2.75) is 26.8 Å². The van der Waals surface area contributed by atoms with Gasteiger partial charge in [0.1, 0.15) is 17.0 Å². The Hall–Kier alpha value is -2.70. The first kappa shape index (κ1) is 13.3. The zero-order valence-electron chi connectivity index (χ0n) is 11.8. The molecule has 0 aromatic carbocycles. The Morgan fingerprint density at radius 1 is 1.38 bits per heavy atom. The van der Waals surface area contributed by atoms with Crippen molar-refractivity contribution < 1.29 is 9.42 Å². The lowest BCUT2D eigenvalue weighted by molar-refractivity contribution is -0.120. The first-order chi connectivity index (χ1) is 10.1. The number of rotatable bonds is 4. The number of amides is 1. The van der Waals surface area contributed by atoms with Gasteiger partial charge in [0, 0.05) is 12.4 Å². The van der Waals surface area contributed by atoms with Crippen LogP contribution >= 0.6 is 0 Å². The van der Waals surface area contributed by atoms with Crippen LogP contribution in [0.15, 0.2) is 29.2 Å². The molecule has 1 amide bonds. The van der Waals surface area contributed by atoms with Crippen molar-refractivity contribution in [3.63, 3.8) is 0 Å². The maximum atomic E-state index is 12.0. The summed E-state index contributed by atoms with van der Waals surface area (Å²) in [5.41, 5.74) is 4.12. The van der Waals surface area contributed by atoms with Gasteiger partial charge >= 0.3 is 0 Å². The normalized spacial score (nSPS) is 11.0. The van der Waals surface area contributed by atoms with Gasteiger partial charge in [0.15, 0.2) is 0 Å². The van der Waals surface area contributed by atoms with Gasteiger partial charge in [-0.05, 0) is 25.5 Å². The number of aryl methyl sites for hydroxylation is 2. The van der Waals surface area contributed by atoms with Gasteiger partial charge in [-0.2, -0.15) is 0 Å². The maximum absolute atomic E-state index is 12.0. The van der Waals surface area contributed by atoms with Crippen LogP contribution in [0.25, 0.3) is 5.65 Å². The Morgan fingerprint density at radius 3 is 3.00 bits per heavy atom. The highest BCUT2D eigenvalue weighted by molar-refractivity contribution is 5.78. The second kappa shape index (κ2) is 5.35. The largest absolute Gasteiger partial charge is 0.350 e. The van der Waals surface area contributed by atoms with Crippen LogP contribution in [-0.4, -0.2) is 25.6 Å². The van der Waals surface area contributed by atoms with Gasteiger partial charge in [0.25, 0.3) is 0 Å². The Bertz CT molecular complexity index is 790. The van der Waals surface area contributed by atoms with Crippen LogP contribution in [0.2, 0.25) is 0 Å². The fourth-order valence-corrected chi connectivity index (χ4v) is 2.15. The first-order valence-electron chi connectivity index (χ1n) is 6.61. The van der Waals surface area contributed by atoms with Gasteiger partial charge in [0.2, 0.25) is 5.91 Å². The molecule has 108 valence electrons. The highest BCUT2D eigenvalue weighted by Gasteiger charge is 2.11. The summed E-state index contributed by atoms with van der Waals surface area (Å²) < 4.78 is 6.52. The lowest BCUT2D eigenvalue weighted by atomic mass is 10.2. The van der Waals surface area contributed by atoms with E-state index in [1.54, 1.807) is 13.1 Å². The third kappa shape index (κ3) is 2.62. The van der Waals surface area contributed by atoms with Crippen molar-refractivity contribution in [3.8, 4) is 0 Å². The number of nitrogens with zero attached hydrogens (tertiary/aromatic N) is 4. The van der Waals surface area contributed by atoms with Crippen molar-refractivity contribution in [3.05, 3.63) is 47.2 Å². The second-order valence-electron chi connectivity index (χ2n) is 4.88. The van der Waals surface area contributed by atoms with Crippen LogP contribution in [0.5, 0.6) is 0 Å². The Morgan fingerprint density at radius 2 is 2.24 bits per heavy atom. The highest BCUT2D eigenvalue weighted by Crippen LogP contribution is 2.11. The summed E-state index contributed by atoms with van der Waals surface area (Å²) in [6.07, 6.45) is 3.89. The molecule has 0 aliphatic carbocycles. The number of carbonyl (C=O) groups is 1. The lowest BCUT2D eigenvalue weighted by Crippen LogP contribution is -2.25. The molecular formula is C14H15N5O2. The van der Waals surface area contributed by atoms with Gasteiger partial charge in [-0.25, -0.2) is 9.61 Å². The molecule has 0 spiro atoms. The number of hydrogen-bond donors (Lipinski definition) is 1. The molecule has 3 aromatic rings. The van der Waals surface area contributed by atoms with Crippen LogP contribution in [0, 0.1) is 13.8 Å². The number of fused-ring (bicyclic) bond motifs is 1. The van der Waals surface area contributed by atoms with Gasteiger partial charge < -0.3 is 9.72 Å². The van der Waals surface area contributed by atoms with Crippen LogP contribution in [0.4, 0.5) is 0 Å². The van der Waals surface area contributed by atoms with Gasteiger partial charge in [0.05, 0.1) is 18.7 Å². The van der Waals surface area contributed by atoms with Crippen molar-refractivity contribution in [2.24, 2.45) is 0 Å². The number of pyridine rings is 1. The molecule has 7 nitrogen and oxygen atoms in total. The monoisotopic (exact) mass is 285 g/mol. The number of aromatic nitrogens is 4. The molecule has 0 radical (unpaired) electrons. The third-order valence-electron chi connectivity index (χ3n) is 3.35. The number of imidazole rings is 1. The van der Waals surface area contributed by atoms with E-state index in [1.807, 2.05) is 29.7 Å². The summed E-state index contributed by atoms with van der Waals surface area (Å²) in [6.45, 7) is 4.09. The molecule has 3 rings (SSSR count). The summed E-state index contributed by atoms with van der Waals surface area (Å²) in [6, 6.07) is 3.93. The zero-order chi connectivity index (χ0) is 14.8. The zero-order valence-corrected chi connectivity index (χ0v) is 11.8. The first-order valence-corrected chi connectivity index (χ1v) is 6.61. The van der Waals surface area contributed by atoms with E-state index in [1.165, 1.54) is 0 Å². The van der Waals surface area contributed by atoms with E-state index >= 15 is 0 Å². The standard InChI is InChI=1S/C14H15N5O2/c1-9-4-3-5-19-11(7-16-14(9)19)6-13(20)15-8-12-10(2)17-21-18-12/h3-5,7H,6,8H2,1-2H3,(H,15,20). The quantitative estimate of drug-likeness (QED) is 0.778. The van der Waals surface area contributed by atoms with E-state index in [9.17, 15) is 4.79 Å². The van der Waals surface area contributed by atoms with Crippen molar-refractivity contribution >= 4 is 11.6 Å². The smallest absolute Gasteiger partial charge is 0.226 e. The second-order valence-corrected chi connectivity index (χ2v) is 4.88. The molecular weight excluding hydrogens is 270 g/mol. The van der Waals surface area contributed by atoms with Gasteiger partial charge in [-0.3, -0.25) is 4.79 Å². The minimum Gasteiger partial charge on any atom is -0.350 e. The topological polar surface area (TPSA) is 85.3 Å². The van der Waals surface area contributed by atoms with Crippen LogP contribution in [0.1, 0.15) is 22.6 Å². The van der Waals surface area contributed by atoms with Gasteiger partial charge in [-0.15, -0.1) is 0 Å². The third-order valence-corrected chi connectivity index (χ3v) is 3.35. The lowest BCUT2D eigenvalue weighted by Gasteiger charge is -2.04. The highest BCUT2D eigenvalue weighted by atomic mass is 16.6. The predicted octanol–water partition coefficient (Wildman–Crippen LogP) is 1.19. The van der Waals surface area contributed by atoms with Crippen molar-refractivity contribution in [1.29, 1.82) is 0 Å². The molecule has 0 fully saturated rings. The minimum absolute atomic E-state index is 0.0966. The summed E-state index contributed by atoms with van der Waals surface area (Å²) >= 11 is 0. The van der Waals surface area contributed by atoms with E-state index < -0.39 is 0 Å². The molecule has 0 unspecified atom stereocenters. The molecule has 0 bridgehead atoms. The van der Waals surface area contributed by atoms with E-state index in [2.05, 4.69) is 25.2 Å². The average Bonchev–Trinajstić information content (AvgIpc) is 3.05. The molecule has 3 aromatic heterocycles. The molecule has 21 heavy (non-hydrogen) atoms. The fourth-order valence-electron chi connectivity index (χ4n) is 2.15. The molecule has 0 saturated carbocycles. The Kier molecular flexibility index (Phi) is 3.39. The maximum Gasteiger partial charge on any atom is 0.226 e. The van der Waals surface area contributed by atoms with Gasteiger partial charge in [-0.1, -0.05) is 16.4 Å². The summed E-state index contributed by atoms with van der Waals surface area (Å²) in [5.74, 6) is -0.0966. The summed E-state index contributed by atoms with van der Waals surface area (Å²) in [4.78, 5) is 16.4. The van der Waals surface area contributed by atoms with E-state index in [0.717, 1.165) is 16.9 Å². The number of hydrogen-bond acceptors (Lipinski definition) is 5. The molecule has 0 aliphatic rings. The average molecular weight is 285 g/mol. The van der Waals surface area contributed by atoms with E-state index in [-0.39, 0.29) is 12.3 Å². The number of nitrogens with one attached hydrogen (secondary N) is 1. The van der Waals surface area contributed by atoms with Crippen LogP contribution in [-0.2, 0) is 17.8 Å². The van der Waals surface area contributed by atoms with Crippen molar-refractivity contribution in [2.75, 3.05) is 0 Å².